The third-order valence-electron chi connectivity index (χ3n) is 3.83. The molecular weight excluding hydrogens is 464 g/mol. The Morgan fingerprint density at radius 1 is 1.21 bits per heavy atom. The molecule has 0 saturated carbocycles. The van der Waals surface area contributed by atoms with E-state index in [1.54, 1.807) is 24.3 Å². The molecule has 1 unspecified atom stereocenters. The molecule has 0 aromatic heterocycles. The molecule has 1 aliphatic heterocycles. The van der Waals surface area contributed by atoms with Crippen molar-refractivity contribution in [1.29, 1.82) is 0 Å². The number of benzene rings is 2. The van der Waals surface area contributed by atoms with Crippen molar-refractivity contribution in [3.63, 3.8) is 0 Å². The molecule has 9 heteroatoms. The first-order valence-corrected chi connectivity index (χ1v) is 10.4. The topological polar surface area (TPSA) is 82.9 Å². The zero-order valence-corrected chi connectivity index (χ0v) is 17.9. The van der Waals surface area contributed by atoms with Crippen LogP contribution >= 0.6 is 39.3 Å². The fourth-order valence-electron chi connectivity index (χ4n) is 2.37. The van der Waals surface area contributed by atoms with Crippen molar-refractivity contribution < 1.29 is 9.59 Å². The molecule has 3 rings (SSSR count). The molecule has 1 fully saturated rings. The van der Waals surface area contributed by atoms with Crippen LogP contribution in [-0.2, 0) is 9.59 Å². The second-order valence-corrected chi connectivity index (χ2v) is 8.50. The number of hydrogen-bond acceptors (Lipinski definition) is 5. The number of nitrogens with zero attached hydrogens (tertiary/aromatic N) is 2. The first-order chi connectivity index (χ1) is 13.4. The van der Waals surface area contributed by atoms with Gasteiger partial charge in [-0.15, -0.1) is 5.10 Å². The number of thioether (sulfide) groups is 1. The Labute approximate surface area is 180 Å². The van der Waals surface area contributed by atoms with Gasteiger partial charge in [-0.05, 0) is 48.9 Å². The molecular formula is C19H16BrClN4O2S. The summed E-state index contributed by atoms with van der Waals surface area (Å²) >= 11 is 10.4. The summed E-state index contributed by atoms with van der Waals surface area (Å²) in [6.07, 6.45) is 0.0471. The van der Waals surface area contributed by atoms with Gasteiger partial charge in [0.1, 0.15) is 5.25 Å². The monoisotopic (exact) mass is 478 g/mol. The molecule has 2 aromatic carbocycles. The Balaban J connectivity index is 1.58. The lowest BCUT2D eigenvalue weighted by atomic mass is 10.1. The maximum Gasteiger partial charge on any atom is 0.240 e. The van der Waals surface area contributed by atoms with Crippen LogP contribution in [0.2, 0.25) is 5.02 Å². The van der Waals surface area contributed by atoms with Crippen molar-refractivity contribution in [1.82, 2.24) is 5.32 Å². The van der Waals surface area contributed by atoms with E-state index in [2.05, 4.69) is 36.8 Å². The van der Waals surface area contributed by atoms with E-state index < -0.39 is 5.25 Å². The highest BCUT2D eigenvalue weighted by atomic mass is 79.9. The first-order valence-electron chi connectivity index (χ1n) is 8.32. The molecule has 1 atom stereocenters. The summed E-state index contributed by atoms with van der Waals surface area (Å²) in [5.74, 6) is -0.494. The summed E-state index contributed by atoms with van der Waals surface area (Å²) < 4.78 is 0.923. The Morgan fingerprint density at radius 3 is 2.57 bits per heavy atom. The number of hydrogen-bond donors (Lipinski definition) is 2. The molecule has 2 N–H and O–H groups in total. The van der Waals surface area contributed by atoms with Gasteiger partial charge in [-0.25, -0.2) is 0 Å². The fraction of sp³-hybridized carbons (Fsp3) is 0.158. The fourth-order valence-corrected chi connectivity index (χ4v) is 3.68. The van der Waals surface area contributed by atoms with E-state index in [0.29, 0.717) is 21.6 Å². The molecule has 0 bridgehead atoms. The summed E-state index contributed by atoms with van der Waals surface area (Å²) in [5, 5.41) is 14.2. The number of halogens is 2. The van der Waals surface area contributed by atoms with Crippen molar-refractivity contribution in [3.8, 4) is 0 Å². The van der Waals surface area contributed by atoms with E-state index in [1.807, 2.05) is 31.2 Å². The molecule has 0 spiro atoms. The van der Waals surface area contributed by atoms with Crippen LogP contribution in [-0.4, -0.2) is 27.9 Å². The second-order valence-electron chi connectivity index (χ2n) is 5.95. The highest BCUT2D eigenvalue weighted by molar-refractivity contribution is 9.10. The summed E-state index contributed by atoms with van der Waals surface area (Å²) in [6.45, 7) is 1.82. The van der Waals surface area contributed by atoms with Crippen LogP contribution in [0.5, 0.6) is 0 Å². The Hall–Kier alpha value is -2.16. The minimum absolute atomic E-state index is 0.0471. The number of amidine groups is 1. The number of carbonyl (C=O) groups excluding carboxylic acids is 2. The van der Waals surface area contributed by atoms with Crippen LogP contribution in [0.4, 0.5) is 5.69 Å². The van der Waals surface area contributed by atoms with Gasteiger partial charge in [0, 0.05) is 21.6 Å². The van der Waals surface area contributed by atoms with Gasteiger partial charge >= 0.3 is 0 Å². The zero-order chi connectivity index (χ0) is 20.1. The molecule has 28 heavy (non-hydrogen) atoms. The van der Waals surface area contributed by atoms with Crippen LogP contribution in [0.25, 0.3) is 0 Å². The smallest absolute Gasteiger partial charge is 0.240 e. The van der Waals surface area contributed by atoms with Crippen LogP contribution in [0, 0.1) is 0 Å². The minimum atomic E-state index is -0.541. The normalized spacial score (nSPS) is 18.2. The van der Waals surface area contributed by atoms with E-state index >= 15 is 0 Å². The van der Waals surface area contributed by atoms with Crippen LogP contribution in [0.3, 0.4) is 0 Å². The van der Waals surface area contributed by atoms with Gasteiger partial charge in [0.05, 0.1) is 5.71 Å². The number of rotatable bonds is 5. The number of nitrogens with one attached hydrogen (secondary N) is 2. The van der Waals surface area contributed by atoms with Gasteiger partial charge in [-0.1, -0.05) is 51.4 Å². The highest BCUT2D eigenvalue weighted by Gasteiger charge is 2.32. The first kappa shape index (κ1) is 20.6. The third kappa shape index (κ3) is 5.67. The average Bonchev–Trinajstić information content (AvgIpc) is 3.01. The standard InChI is InChI=1S/C19H16BrClN4O2S/c1-11(12-2-6-14(21)7-3-12)24-25-19-23-18(27)16(28-19)10-17(26)22-15-8-4-13(20)5-9-15/h2-9,16H,10H2,1H3,(H,22,26)(H,23,25,27)/b24-11-. The quantitative estimate of drug-likeness (QED) is 0.491. The van der Waals surface area contributed by atoms with Crippen LogP contribution in [0.1, 0.15) is 18.9 Å². The van der Waals surface area contributed by atoms with Gasteiger partial charge in [0.2, 0.25) is 11.8 Å². The maximum absolute atomic E-state index is 12.2. The minimum Gasteiger partial charge on any atom is -0.326 e. The van der Waals surface area contributed by atoms with E-state index in [0.717, 1.165) is 10.0 Å². The molecule has 2 amide bonds. The summed E-state index contributed by atoms with van der Waals surface area (Å²) in [5.41, 5.74) is 2.25. The lowest BCUT2D eigenvalue weighted by Crippen LogP contribution is -2.28. The van der Waals surface area contributed by atoms with Crippen molar-refractivity contribution in [3.05, 3.63) is 63.6 Å². The number of carbonyl (C=O) groups is 2. The highest BCUT2D eigenvalue weighted by Crippen LogP contribution is 2.23. The molecule has 0 aliphatic carbocycles. The molecule has 144 valence electrons. The van der Waals surface area contributed by atoms with Gasteiger partial charge in [0.15, 0.2) is 5.17 Å². The lowest BCUT2D eigenvalue weighted by Gasteiger charge is -2.07. The number of amides is 2. The van der Waals surface area contributed by atoms with Gasteiger partial charge in [-0.3, -0.25) is 9.59 Å². The summed E-state index contributed by atoms with van der Waals surface area (Å²) in [4.78, 5) is 24.3. The van der Waals surface area contributed by atoms with Crippen molar-refractivity contribution in [2.75, 3.05) is 5.32 Å². The average molecular weight is 480 g/mol. The lowest BCUT2D eigenvalue weighted by molar-refractivity contribution is -0.122. The van der Waals surface area contributed by atoms with Crippen molar-refractivity contribution in [2.45, 2.75) is 18.6 Å². The zero-order valence-electron chi connectivity index (χ0n) is 14.8. The number of anilines is 1. The van der Waals surface area contributed by atoms with E-state index in [-0.39, 0.29) is 18.2 Å². The van der Waals surface area contributed by atoms with Crippen molar-refractivity contribution in [2.24, 2.45) is 10.2 Å². The maximum atomic E-state index is 12.2. The molecule has 1 saturated heterocycles. The van der Waals surface area contributed by atoms with Gasteiger partial charge in [0.25, 0.3) is 0 Å². The SMILES string of the molecule is C/C(=N/N=C1\NC(=O)C(CC(=O)Nc2ccc(Br)cc2)S1)c1ccc(Cl)cc1. The van der Waals surface area contributed by atoms with Crippen LogP contribution in [0.15, 0.2) is 63.2 Å². The summed E-state index contributed by atoms with van der Waals surface area (Å²) in [6, 6.07) is 14.5. The van der Waals surface area contributed by atoms with Gasteiger partial charge < -0.3 is 10.6 Å². The molecule has 1 heterocycles. The van der Waals surface area contributed by atoms with Crippen LogP contribution < -0.4 is 10.6 Å². The van der Waals surface area contributed by atoms with E-state index in [9.17, 15) is 9.59 Å². The predicted molar refractivity (Wildman–Crippen MR) is 118 cm³/mol. The third-order valence-corrected chi connectivity index (χ3v) is 5.68. The molecule has 2 aromatic rings. The summed E-state index contributed by atoms with van der Waals surface area (Å²) in [7, 11) is 0. The predicted octanol–water partition coefficient (Wildman–Crippen LogP) is 4.44. The Kier molecular flexibility index (Phi) is 6.88. The van der Waals surface area contributed by atoms with E-state index in [1.165, 1.54) is 11.8 Å². The largest absolute Gasteiger partial charge is 0.326 e. The second kappa shape index (κ2) is 9.36. The van der Waals surface area contributed by atoms with Gasteiger partial charge in [-0.2, -0.15) is 5.10 Å². The Morgan fingerprint density at radius 2 is 1.89 bits per heavy atom. The molecule has 6 nitrogen and oxygen atoms in total. The Bertz CT molecular complexity index is 945. The van der Waals surface area contributed by atoms with Crippen molar-refractivity contribution >= 4 is 67.7 Å². The van der Waals surface area contributed by atoms with E-state index in [4.69, 9.17) is 11.6 Å². The molecule has 1 aliphatic rings. The molecule has 0 radical (unpaired) electrons.